The Kier molecular flexibility index (Phi) is 5.10. The molecule has 7 heteroatoms. The van der Waals surface area contributed by atoms with Crippen LogP contribution in [0.25, 0.3) is 0 Å². The van der Waals surface area contributed by atoms with E-state index in [1.807, 2.05) is 0 Å². The second-order valence-corrected chi connectivity index (χ2v) is 5.02. The number of nitrogens with zero attached hydrogens (tertiary/aromatic N) is 2. The SMILES string of the molecule is CCCc1cc(C(=O)N2CCNC(=O)CC2)cc(NN)n1. The van der Waals surface area contributed by atoms with E-state index in [1.165, 1.54) is 0 Å². The van der Waals surface area contributed by atoms with Crippen LogP contribution in [-0.2, 0) is 11.2 Å². The number of nitrogens with one attached hydrogen (secondary N) is 2. The predicted octanol–water partition coefficient (Wildman–Crippen LogP) is 0.282. The Morgan fingerprint density at radius 2 is 2.29 bits per heavy atom. The molecular formula is C14H21N5O2. The van der Waals surface area contributed by atoms with Crippen LogP contribution < -0.4 is 16.6 Å². The molecule has 0 spiro atoms. The third kappa shape index (κ3) is 3.91. The van der Waals surface area contributed by atoms with E-state index in [0.717, 1.165) is 18.5 Å². The number of rotatable bonds is 4. The molecule has 0 aromatic carbocycles. The zero-order chi connectivity index (χ0) is 15.2. The smallest absolute Gasteiger partial charge is 0.254 e. The molecule has 0 aliphatic carbocycles. The molecule has 7 nitrogen and oxygen atoms in total. The quantitative estimate of drug-likeness (QED) is 0.546. The van der Waals surface area contributed by atoms with E-state index in [-0.39, 0.29) is 11.8 Å². The minimum atomic E-state index is -0.0947. The molecule has 1 saturated heterocycles. The van der Waals surface area contributed by atoms with E-state index < -0.39 is 0 Å². The molecule has 1 aliphatic heterocycles. The maximum absolute atomic E-state index is 12.6. The Balaban J connectivity index is 2.20. The van der Waals surface area contributed by atoms with Gasteiger partial charge in [0.15, 0.2) is 0 Å². The third-order valence-electron chi connectivity index (χ3n) is 3.38. The van der Waals surface area contributed by atoms with Crippen molar-refractivity contribution >= 4 is 17.6 Å². The highest BCUT2D eigenvalue weighted by Gasteiger charge is 2.20. The predicted molar refractivity (Wildman–Crippen MR) is 79.6 cm³/mol. The van der Waals surface area contributed by atoms with Crippen molar-refractivity contribution in [1.29, 1.82) is 0 Å². The zero-order valence-electron chi connectivity index (χ0n) is 12.2. The van der Waals surface area contributed by atoms with E-state index in [4.69, 9.17) is 5.84 Å². The highest BCUT2D eigenvalue weighted by molar-refractivity contribution is 5.95. The van der Waals surface area contributed by atoms with Crippen molar-refractivity contribution in [3.05, 3.63) is 23.4 Å². The van der Waals surface area contributed by atoms with Gasteiger partial charge in [0.2, 0.25) is 5.91 Å². The summed E-state index contributed by atoms with van der Waals surface area (Å²) in [5, 5.41) is 2.76. The molecule has 4 N–H and O–H groups in total. The number of hydrogen-bond acceptors (Lipinski definition) is 5. The van der Waals surface area contributed by atoms with Gasteiger partial charge in [0, 0.05) is 37.3 Å². The topological polar surface area (TPSA) is 100 Å². The van der Waals surface area contributed by atoms with Crippen LogP contribution in [0.1, 0.15) is 35.8 Å². The van der Waals surface area contributed by atoms with E-state index in [2.05, 4.69) is 22.7 Å². The molecule has 0 saturated carbocycles. The van der Waals surface area contributed by atoms with Gasteiger partial charge >= 0.3 is 0 Å². The van der Waals surface area contributed by atoms with Gasteiger partial charge in [0.25, 0.3) is 5.91 Å². The Labute approximate surface area is 123 Å². The first-order chi connectivity index (χ1) is 10.1. The van der Waals surface area contributed by atoms with Gasteiger partial charge in [-0.3, -0.25) is 9.59 Å². The van der Waals surface area contributed by atoms with Crippen molar-refractivity contribution in [2.24, 2.45) is 5.84 Å². The number of nitrogens with two attached hydrogens (primary N) is 1. The second kappa shape index (κ2) is 7.03. The standard InChI is InChI=1S/C14H21N5O2/c1-2-3-11-8-10(9-12(17-11)18-15)14(21)19-6-4-13(20)16-5-7-19/h8-9H,2-7,15H2,1H3,(H,16,20)(H,17,18). The number of hydrogen-bond donors (Lipinski definition) is 3. The van der Waals surface area contributed by atoms with Crippen LogP contribution in [0.5, 0.6) is 0 Å². The summed E-state index contributed by atoms with van der Waals surface area (Å²) in [5.41, 5.74) is 3.88. The molecule has 21 heavy (non-hydrogen) atoms. The molecule has 1 aromatic heterocycles. The molecule has 1 fully saturated rings. The zero-order valence-corrected chi connectivity index (χ0v) is 12.2. The van der Waals surface area contributed by atoms with E-state index >= 15 is 0 Å². The number of amides is 2. The Bertz CT molecular complexity index is 532. The summed E-state index contributed by atoms with van der Waals surface area (Å²) in [5.74, 6) is 5.78. The highest BCUT2D eigenvalue weighted by atomic mass is 16.2. The molecule has 2 rings (SSSR count). The average molecular weight is 291 g/mol. The maximum atomic E-state index is 12.6. The fourth-order valence-corrected chi connectivity index (χ4v) is 2.32. The van der Waals surface area contributed by atoms with Gasteiger partial charge in [-0.2, -0.15) is 0 Å². The number of aromatic nitrogens is 1. The number of hydrazine groups is 1. The van der Waals surface area contributed by atoms with Crippen LogP contribution in [0.2, 0.25) is 0 Å². The van der Waals surface area contributed by atoms with Crippen LogP contribution in [-0.4, -0.2) is 41.3 Å². The largest absolute Gasteiger partial charge is 0.354 e. The van der Waals surface area contributed by atoms with Crippen LogP contribution in [0.15, 0.2) is 12.1 Å². The van der Waals surface area contributed by atoms with Gasteiger partial charge in [0.05, 0.1) is 0 Å². The Morgan fingerprint density at radius 1 is 1.48 bits per heavy atom. The van der Waals surface area contributed by atoms with Crippen molar-refractivity contribution in [3.63, 3.8) is 0 Å². The second-order valence-electron chi connectivity index (χ2n) is 5.02. The molecule has 0 bridgehead atoms. The molecular weight excluding hydrogens is 270 g/mol. The van der Waals surface area contributed by atoms with E-state index in [1.54, 1.807) is 17.0 Å². The summed E-state index contributed by atoms with van der Waals surface area (Å²) in [6, 6.07) is 3.44. The van der Waals surface area contributed by atoms with Crippen LogP contribution in [0, 0.1) is 0 Å². The lowest BCUT2D eigenvalue weighted by molar-refractivity contribution is -0.120. The molecule has 0 atom stereocenters. The number of aryl methyl sites for hydroxylation is 1. The van der Waals surface area contributed by atoms with Crippen LogP contribution >= 0.6 is 0 Å². The fourth-order valence-electron chi connectivity index (χ4n) is 2.32. The van der Waals surface area contributed by atoms with Crippen molar-refractivity contribution in [3.8, 4) is 0 Å². The first kappa shape index (κ1) is 15.2. The third-order valence-corrected chi connectivity index (χ3v) is 3.38. The van der Waals surface area contributed by atoms with Crippen molar-refractivity contribution in [2.75, 3.05) is 25.1 Å². The fraction of sp³-hybridized carbons (Fsp3) is 0.500. The minimum Gasteiger partial charge on any atom is -0.354 e. The first-order valence-electron chi connectivity index (χ1n) is 7.17. The first-order valence-corrected chi connectivity index (χ1v) is 7.17. The molecule has 2 amide bonds. The van der Waals surface area contributed by atoms with Crippen LogP contribution in [0.3, 0.4) is 0 Å². The molecule has 1 aliphatic rings. The van der Waals surface area contributed by atoms with Gasteiger partial charge in [-0.1, -0.05) is 13.3 Å². The lowest BCUT2D eigenvalue weighted by atomic mass is 10.1. The van der Waals surface area contributed by atoms with Gasteiger partial charge in [0.1, 0.15) is 5.82 Å². The van der Waals surface area contributed by atoms with E-state index in [9.17, 15) is 9.59 Å². The van der Waals surface area contributed by atoms with Gasteiger partial charge < -0.3 is 15.6 Å². The summed E-state index contributed by atoms with van der Waals surface area (Å²) >= 11 is 0. The normalized spacial score (nSPS) is 15.3. The average Bonchev–Trinajstić information content (AvgIpc) is 2.71. The Morgan fingerprint density at radius 3 is 3.00 bits per heavy atom. The van der Waals surface area contributed by atoms with Crippen molar-refractivity contribution in [2.45, 2.75) is 26.2 Å². The van der Waals surface area contributed by atoms with Crippen LogP contribution in [0.4, 0.5) is 5.82 Å². The minimum absolute atomic E-state index is 0.0176. The molecule has 0 unspecified atom stereocenters. The summed E-state index contributed by atoms with van der Waals surface area (Å²) in [4.78, 5) is 29.9. The lowest BCUT2D eigenvalue weighted by Gasteiger charge is -2.20. The summed E-state index contributed by atoms with van der Waals surface area (Å²) < 4.78 is 0. The lowest BCUT2D eigenvalue weighted by Crippen LogP contribution is -2.34. The number of anilines is 1. The number of nitrogen functional groups attached to an aromatic ring is 1. The summed E-state index contributed by atoms with van der Waals surface area (Å²) in [7, 11) is 0. The number of pyridine rings is 1. The monoisotopic (exact) mass is 291 g/mol. The van der Waals surface area contributed by atoms with E-state index in [0.29, 0.717) is 37.4 Å². The molecule has 2 heterocycles. The highest BCUT2D eigenvalue weighted by Crippen LogP contribution is 2.14. The molecule has 1 aromatic rings. The summed E-state index contributed by atoms with van der Waals surface area (Å²) in [6.07, 6.45) is 2.06. The number of carbonyl (C=O) groups is 2. The summed E-state index contributed by atoms with van der Waals surface area (Å²) in [6.45, 7) is 3.49. The maximum Gasteiger partial charge on any atom is 0.254 e. The van der Waals surface area contributed by atoms with Gasteiger partial charge in [-0.05, 0) is 18.6 Å². The Hall–Kier alpha value is -2.15. The van der Waals surface area contributed by atoms with Crippen molar-refractivity contribution < 1.29 is 9.59 Å². The molecule has 0 radical (unpaired) electrons. The van der Waals surface area contributed by atoms with Gasteiger partial charge in [-0.25, -0.2) is 10.8 Å². The van der Waals surface area contributed by atoms with Gasteiger partial charge in [-0.15, -0.1) is 0 Å². The van der Waals surface area contributed by atoms with Crippen molar-refractivity contribution in [1.82, 2.24) is 15.2 Å². The molecule has 114 valence electrons. The number of carbonyl (C=O) groups excluding carboxylic acids is 2.